The molecule has 0 aliphatic rings. The number of hydrogen-bond donors (Lipinski definition) is 1. The highest BCUT2D eigenvalue weighted by molar-refractivity contribution is 8.16. The van der Waals surface area contributed by atoms with E-state index < -0.39 is 4.92 Å². The minimum atomic E-state index is -0.475. The lowest BCUT2D eigenvalue weighted by Gasteiger charge is -2.02. The SMILES string of the molecule is CCCCCCCCNC(=O)C=CSC(=O)C=Cc1ccc([N+](=O)[O-])cc1. The van der Waals surface area contributed by atoms with Crippen molar-refractivity contribution in [2.45, 2.75) is 45.4 Å². The first-order valence-corrected chi connectivity index (χ1v) is 9.98. The maximum atomic E-state index is 11.7. The molecule has 0 aromatic heterocycles. The zero-order valence-corrected chi connectivity index (χ0v) is 16.4. The molecular formula is C20H26N2O4S. The van der Waals surface area contributed by atoms with Crippen molar-refractivity contribution < 1.29 is 14.5 Å². The van der Waals surface area contributed by atoms with Gasteiger partial charge in [-0.1, -0.05) is 56.9 Å². The van der Waals surface area contributed by atoms with E-state index in [0.717, 1.165) is 24.6 Å². The summed E-state index contributed by atoms with van der Waals surface area (Å²) in [6.07, 6.45) is 11.3. The zero-order chi connectivity index (χ0) is 19.9. The minimum absolute atomic E-state index is 0.00255. The lowest BCUT2D eigenvalue weighted by molar-refractivity contribution is -0.384. The Labute approximate surface area is 164 Å². The first-order valence-electron chi connectivity index (χ1n) is 9.10. The van der Waals surface area contributed by atoms with Crippen LogP contribution in [0.25, 0.3) is 6.08 Å². The molecule has 0 aliphatic heterocycles. The van der Waals surface area contributed by atoms with Crippen molar-refractivity contribution in [2.75, 3.05) is 6.54 Å². The van der Waals surface area contributed by atoms with Gasteiger partial charge >= 0.3 is 0 Å². The van der Waals surface area contributed by atoms with Gasteiger partial charge in [0.05, 0.1) is 4.92 Å². The Kier molecular flexibility index (Phi) is 11.5. The van der Waals surface area contributed by atoms with Crippen LogP contribution in [-0.4, -0.2) is 22.5 Å². The van der Waals surface area contributed by atoms with Gasteiger partial charge in [0, 0.05) is 24.8 Å². The molecule has 1 N–H and O–H groups in total. The van der Waals surface area contributed by atoms with Gasteiger partial charge in [0.1, 0.15) is 0 Å². The number of carbonyl (C=O) groups excluding carboxylic acids is 2. The fraction of sp³-hybridized carbons (Fsp3) is 0.400. The maximum absolute atomic E-state index is 11.7. The number of rotatable bonds is 12. The summed E-state index contributed by atoms with van der Waals surface area (Å²) in [5.41, 5.74) is 0.693. The molecule has 6 nitrogen and oxygen atoms in total. The Morgan fingerprint density at radius 3 is 2.41 bits per heavy atom. The summed E-state index contributed by atoms with van der Waals surface area (Å²) in [7, 11) is 0. The van der Waals surface area contributed by atoms with Crippen molar-refractivity contribution in [1.82, 2.24) is 5.32 Å². The number of nitrogens with zero attached hydrogens (tertiary/aromatic N) is 1. The van der Waals surface area contributed by atoms with Gasteiger partial charge in [-0.25, -0.2) is 0 Å². The standard InChI is InChI=1S/C20H26N2O4S/c1-2-3-4-5-6-7-15-21-19(23)14-16-27-20(24)13-10-17-8-11-18(12-9-17)22(25)26/h8-14,16H,2-7,15H2,1H3,(H,21,23). The monoisotopic (exact) mass is 390 g/mol. The lowest BCUT2D eigenvalue weighted by Crippen LogP contribution is -2.21. The van der Waals surface area contributed by atoms with Crippen LogP contribution in [0.4, 0.5) is 5.69 Å². The molecule has 0 atom stereocenters. The normalized spacial score (nSPS) is 11.1. The third kappa shape index (κ3) is 11.0. The van der Waals surface area contributed by atoms with Crippen LogP contribution in [0, 0.1) is 10.1 Å². The summed E-state index contributed by atoms with van der Waals surface area (Å²) in [6, 6.07) is 5.90. The predicted octanol–water partition coefficient (Wildman–Crippen LogP) is 4.86. The summed E-state index contributed by atoms with van der Waals surface area (Å²) in [5, 5.41) is 14.6. The molecule has 0 fully saturated rings. The molecule has 0 saturated carbocycles. The molecule has 0 bridgehead atoms. The molecule has 27 heavy (non-hydrogen) atoms. The van der Waals surface area contributed by atoms with Crippen molar-refractivity contribution in [2.24, 2.45) is 0 Å². The van der Waals surface area contributed by atoms with Crippen molar-refractivity contribution in [3.63, 3.8) is 0 Å². The average molecular weight is 391 g/mol. The molecule has 1 amide bonds. The molecule has 0 saturated heterocycles. The largest absolute Gasteiger partial charge is 0.353 e. The number of nitro benzene ring substituents is 1. The fourth-order valence-electron chi connectivity index (χ4n) is 2.25. The first-order chi connectivity index (χ1) is 13.0. The summed E-state index contributed by atoms with van der Waals surface area (Å²) in [4.78, 5) is 33.5. The van der Waals surface area contributed by atoms with Crippen LogP contribution in [0.3, 0.4) is 0 Å². The summed E-state index contributed by atoms with van der Waals surface area (Å²) in [5.74, 6) is -0.205. The Hall–Kier alpha value is -2.41. The smallest absolute Gasteiger partial charge is 0.269 e. The van der Waals surface area contributed by atoms with Gasteiger partial charge in [-0.05, 0) is 35.6 Å². The van der Waals surface area contributed by atoms with Gasteiger partial charge in [0.25, 0.3) is 5.69 Å². The summed E-state index contributed by atoms with van der Waals surface area (Å²) >= 11 is 0.910. The van der Waals surface area contributed by atoms with E-state index in [1.165, 1.54) is 55.4 Å². The van der Waals surface area contributed by atoms with Gasteiger partial charge in [-0.15, -0.1) is 0 Å². The second-order valence-electron chi connectivity index (χ2n) is 5.98. The average Bonchev–Trinajstić information content (AvgIpc) is 2.66. The molecule has 0 spiro atoms. The Morgan fingerprint density at radius 2 is 1.74 bits per heavy atom. The van der Waals surface area contributed by atoms with E-state index in [1.807, 2.05) is 0 Å². The van der Waals surface area contributed by atoms with E-state index in [1.54, 1.807) is 18.2 Å². The second-order valence-corrected chi connectivity index (χ2v) is 6.89. The molecule has 1 aromatic carbocycles. The maximum Gasteiger partial charge on any atom is 0.269 e. The summed E-state index contributed by atoms with van der Waals surface area (Å²) in [6.45, 7) is 2.83. The van der Waals surface area contributed by atoms with Crippen LogP contribution in [0.15, 0.2) is 41.8 Å². The van der Waals surface area contributed by atoms with E-state index in [-0.39, 0.29) is 16.7 Å². The van der Waals surface area contributed by atoms with E-state index in [0.29, 0.717) is 12.1 Å². The number of non-ortho nitro benzene ring substituents is 1. The first kappa shape index (κ1) is 22.6. The highest BCUT2D eigenvalue weighted by atomic mass is 32.2. The zero-order valence-electron chi connectivity index (χ0n) is 15.6. The third-order valence-corrected chi connectivity index (χ3v) is 4.39. The van der Waals surface area contributed by atoms with E-state index in [4.69, 9.17) is 0 Å². The second kappa shape index (κ2) is 13.7. The Morgan fingerprint density at radius 1 is 1.07 bits per heavy atom. The number of unbranched alkanes of at least 4 members (excludes halogenated alkanes) is 5. The van der Waals surface area contributed by atoms with E-state index in [9.17, 15) is 19.7 Å². The molecule has 7 heteroatoms. The topological polar surface area (TPSA) is 89.3 Å². The van der Waals surface area contributed by atoms with Crippen molar-refractivity contribution in [3.05, 3.63) is 57.5 Å². The van der Waals surface area contributed by atoms with Crippen LogP contribution in [-0.2, 0) is 9.59 Å². The molecule has 0 radical (unpaired) electrons. The van der Waals surface area contributed by atoms with Gasteiger partial charge in [-0.3, -0.25) is 19.7 Å². The Bertz CT molecular complexity index is 669. The van der Waals surface area contributed by atoms with Gasteiger partial charge in [-0.2, -0.15) is 0 Å². The van der Waals surface area contributed by atoms with E-state index >= 15 is 0 Å². The number of amides is 1. The number of nitrogens with one attached hydrogen (secondary N) is 1. The number of carbonyl (C=O) groups is 2. The minimum Gasteiger partial charge on any atom is -0.353 e. The number of hydrogen-bond acceptors (Lipinski definition) is 5. The number of thioether (sulfide) groups is 1. The van der Waals surface area contributed by atoms with Gasteiger partial charge < -0.3 is 5.32 Å². The Balaban J connectivity index is 2.22. The van der Waals surface area contributed by atoms with Gasteiger partial charge in [0.2, 0.25) is 11.0 Å². The summed E-state index contributed by atoms with van der Waals surface area (Å²) < 4.78 is 0. The molecule has 0 heterocycles. The molecule has 146 valence electrons. The predicted molar refractivity (Wildman–Crippen MR) is 110 cm³/mol. The van der Waals surface area contributed by atoms with Crippen LogP contribution >= 0.6 is 11.8 Å². The van der Waals surface area contributed by atoms with Crippen LogP contribution < -0.4 is 5.32 Å². The molecule has 1 aromatic rings. The van der Waals surface area contributed by atoms with Crippen molar-refractivity contribution in [1.29, 1.82) is 0 Å². The van der Waals surface area contributed by atoms with Crippen LogP contribution in [0.2, 0.25) is 0 Å². The highest BCUT2D eigenvalue weighted by Gasteiger charge is 2.02. The van der Waals surface area contributed by atoms with Crippen molar-refractivity contribution in [3.8, 4) is 0 Å². The molecule has 1 rings (SSSR count). The molecule has 0 unspecified atom stereocenters. The number of benzene rings is 1. The van der Waals surface area contributed by atoms with Crippen LogP contribution in [0.5, 0.6) is 0 Å². The van der Waals surface area contributed by atoms with Crippen molar-refractivity contribution >= 4 is 34.5 Å². The van der Waals surface area contributed by atoms with Crippen LogP contribution in [0.1, 0.15) is 51.0 Å². The number of nitro groups is 1. The lowest BCUT2D eigenvalue weighted by atomic mass is 10.1. The molecule has 0 aliphatic carbocycles. The highest BCUT2D eigenvalue weighted by Crippen LogP contribution is 2.14. The van der Waals surface area contributed by atoms with E-state index in [2.05, 4.69) is 12.2 Å². The fourth-order valence-corrected chi connectivity index (χ4v) is 2.72. The molecular weight excluding hydrogens is 364 g/mol. The van der Waals surface area contributed by atoms with Gasteiger partial charge in [0.15, 0.2) is 0 Å². The quantitative estimate of drug-likeness (QED) is 0.238. The third-order valence-electron chi connectivity index (χ3n) is 3.75.